The first-order chi connectivity index (χ1) is 7.17. The summed E-state index contributed by atoms with van der Waals surface area (Å²) < 4.78 is 0. The fraction of sp³-hybridized carbons (Fsp3) is 0.692. The van der Waals surface area contributed by atoms with Gasteiger partial charge in [0.1, 0.15) is 0 Å². The van der Waals surface area contributed by atoms with E-state index in [-0.39, 0.29) is 0 Å². The third kappa shape index (κ3) is 3.96. The summed E-state index contributed by atoms with van der Waals surface area (Å²) in [5, 5.41) is 0. The van der Waals surface area contributed by atoms with E-state index in [9.17, 15) is 0 Å². The first kappa shape index (κ1) is 12.7. The van der Waals surface area contributed by atoms with Crippen LogP contribution in [-0.2, 0) is 12.8 Å². The van der Waals surface area contributed by atoms with Crippen molar-refractivity contribution in [2.45, 2.75) is 52.5 Å². The van der Waals surface area contributed by atoms with E-state index >= 15 is 0 Å². The molecule has 2 unspecified atom stereocenters. The lowest BCUT2D eigenvalue weighted by molar-refractivity contribution is 0.421. The van der Waals surface area contributed by atoms with Crippen molar-refractivity contribution in [3.8, 4) is 0 Å². The molecule has 0 radical (unpaired) electrons. The molecule has 1 aromatic rings. The zero-order chi connectivity index (χ0) is 11.3. The summed E-state index contributed by atoms with van der Waals surface area (Å²) in [5.41, 5.74) is 6.19. The molecular formula is C13H23NS. The highest BCUT2D eigenvalue weighted by molar-refractivity contribution is 7.11. The van der Waals surface area contributed by atoms with Crippen LogP contribution in [0.5, 0.6) is 0 Å². The molecule has 0 aliphatic carbocycles. The van der Waals surface area contributed by atoms with Crippen LogP contribution in [0, 0.1) is 5.92 Å². The van der Waals surface area contributed by atoms with Crippen LogP contribution in [0.4, 0.5) is 0 Å². The van der Waals surface area contributed by atoms with E-state index in [0.29, 0.717) is 12.0 Å². The maximum absolute atomic E-state index is 6.19. The van der Waals surface area contributed by atoms with Crippen LogP contribution in [0.15, 0.2) is 12.1 Å². The summed E-state index contributed by atoms with van der Waals surface area (Å²) in [5.74, 6) is 0.641. The van der Waals surface area contributed by atoms with Gasteiger partial charge in [-0.15, -0.1) is 11.3 Å². The Morgan fingerprint density at radius 1 is 1.27 bits per heavy atom. The average molecular weight is 225 g/mol. The lowest BCUT2D eigenvalue weighted by atomic mass is 9.95. The largest absolute Gasteiger partial charge is 0.327 e. The fourth-order valence-electron chi connectivity index (χ4n) is 1.82. The molecule has 0 aliphatic rings. The van der Waals surface area contributed by atoms with Gasteiger partial charge in [-0.2, -0.15) is 0 Å². The minimum Gasteiger partial charge on any atom is -0.327 e. The van der Waals surface area contributed by atoms with Crippen molar-refractivity contribution >= 4 is 11.3 Å². The molecule has 0 aromatic carbocycles. The summed E-state index contributed by atoms with van der Waals surface area (Å²) in [4.78, 5) is 2.92. The Kier molecular flexibility index (Phi) is 5.34. The first-order valence-electron chi connectivity index (χ1n) is 6.00. The second-order valence-corrected chi connectivity index (χ2v) is 5.61. The zero-order valence-electron chi connectivity index (χ0n) is 10.1. The highest BCUT2D eigenvalue weighted by Crippen LogP contribution is 2.21. The van der Waals surface area contributed by atoms with E-state index in [0.717, 1.165) is 12.8 Å². The molecule has 2 N–H and O–H groups in total. The fourth-order valence-corrected chi connectivity index (χ4v) is 2.85. The third-order valence-electron chi connectivity index (χ3n) is 2.98. The van der Waals surface area contributed by atoms with Crippen LogP contribution < -0.4 is 5.73 Å². The van der Waals surface area contributed by atoms with Gasteiger partial charge >= 0.3 is 0 Å². The summed E-state index contributed by atoms with van der Waals surface area (Å²) >= 11 is 1.92. The van der Waals surface area contributed by atoms with Crippen LogP contribution >= 0.6 is 11.3 Å². The second-order valence-electron chi connectivity index (χ2n) is 4.36. The van der Waals surface area contributed by atoms with Crippen LogP contribution in [0.3, 0.4) is 0 Å². The van der Waals surface area contributed by atoms with Gasteiger partial charge in [0.25, 0.3) is 0 Å². The number of thiophene rings is 1. The average Bonchev–Trinajstić information content (AvgIpc) is 2.66. The normalized spacial score (nSPS) is 15.2. The van der Waals surface area contributed by atoms with E-state index in [4.69, 9.17) is 5.73 Å². The molecule has 15 heavy (non-hydrogen) atoms. The maximum Gasteiger partial charge on any atom is 0.0113 e. The molecule has 0 bridgehead atoms. The van der Waals surface area contributed by atoms with Crippen molar-refractivity contribution in [3.05, 3.63) is 21.9 Å². The van der Waals surface area contributed by atoms with Crippen molar-refractivity contribution in [3.63, 3.8) is 0 Å². The molecule has 2 heteroatoms. The van der Waals surface area contributed by atoms with Gasteiger partial charge < -0.3 is 5.73 Å². The van der Waals surface area contributed by atoms with Gasteiger partial charge in [-0.1, -0.05) is 27.2 Å². The Morgan fingerprint density at radius 3 is 2.47 bits per heavy atom. The molecule has 0 amide bonds. The number of aryl methyl sites for hydroxylation is 1. The summed E-state index contributed by atoms with van der Waals surface area (Å²) in [7, 11) is 0. The number of nitrogens with two attached hydrogens (primary N) is 1. The molecule has 1 heterocycles. The van der Waals surface area contributed by atoms with Gasteiger partial charge in [0.15, 0.2) is 0 Å². The number of rotatable bonds is 6. The van der Waals surface area contributed by atoms with Gasteiger partial charge in [-0.25, -0.2) is 0 Å². The Hall–Kier alpha value is -0.340. The lowest BCUT2D eigenvalue weighted by Crippen LogP contribution is -2.30. The van der Waals surface area contributed by atoms with Crippen molar-refractivity contribution in [2.24, 2.45) is 11.7 Å². The van der Waals surface area contributed by atoms with Gasteiger partial charge in [-0.05, 0) is 37.3 Å². The minimum atomic E-state index is 0.327. The molecule has 0 saturated carbocycles. The van der Waals surface area contributed by atoms with E-state index in [1.165, 1.54) is 22.6 Å². The Labute approximate surface area is 97.7 Å². The van der Waals surface area contributed by atoms with E-state index < -0.39 is 0 Å². The number of hydrogen-bond donors (Lipinski definition) is 1. The monoisotopic (exact) mass is 225 g/mol. The molecule has 0 fully saturated rings. The van der Waals surface area contributed by atoms with Crippen molar-refractivity contribution in [2.75, 3.05) is 0 Å². The first-order valence-corrected chi connectivity index (χ1v) is 6.82. The Morgan fingerprint density at radius 2 is 1.93 bits per heavy atom. The molecule has 2 atom stereocenters. The van der Waals surface area contributed by atoms with Crippen LogP contribution in [0.25, 0.3) is 0 Å². The Bertz CT molecular complexity index is 280. The zero-order valence-corrected chi connectivity index (χ0v) is 10.9. The van der Waals surface area contributed by atoms with Crippen LogP contribution in [0.1, 0.15) is 43.4 Å². The number of hydrogen-bond acceptors (Lipinski definition) is 2. The van der Waals surface area contributed by atoms with Gasteiger partial charge in [-0.3, -0.25) is 0 Å². The van der Waals surface area contributed by atoms with Crippen LogP contribution in [-0.4, -0.2) is 6.04 Å². The lowest BCUT2D eigenvalue weighted by Gasteiger charge is -2.18. The van der Waals surface area contributed by atoms with E-state index in [2.05, 4.69) is 32.9 Å². The predicted octanol–water partition coefficient (Wildman–Crippen LogP) is 3.62. The van der Waals surface area contributed by atoms with Gasteiger partial charge in [0.05, 0.1) is 0 Å². The summed E-state index contributed by atoms with van der Waals surface area (Å²) in [6.45, 7) is 6.70. The van der Waals surface area contributed by atoms with Crippen molar-refractivity contribution in [1.82, 2.24) is 0 Å². The SMILES string of the molecule is CCCC(C)C(N)Cc1ccc(CC)s1. The molecule has 1 aromatic heterocycles. The molecule has 0 spiro atoms. The smallest absolute Gasteiger partial charge is 0.0113 e. The third-order valence-corrected chi connectivity index (χ3v) is 4.23. The highest BCUT2D eigenvalue weighted by atomic mass is 32.1. The van der Waals surface area contributed by atoms with E-state index in [1.807, 2.05) is 11.3 Å². The van der Waals surface area contributed by atoms with Gasteiger partial charge in [0.2, 0.25) is 0 Å². The standard InChI is InChI=1S/C13H23NS/c1-4-6-10(3)13(14)9-12-8-7-11(5-2)15-12/h7-8,10,13H,4-6,9,14H2,1-3H3. The van der Waals surface area contributed by atoms with Gasteiger partial charge in [0, 0.05) is 15.8 Å². The molecule has 86 valence electrons. The molecular weight excluding hydrogens is 202 g/mol. The van der Waals surface area contributed by atoms with E-state index in [1.54, 1.807) is 0 Å². The predicted molar refractivity (Wildman–Crippen MR) is 69.4 cm³/mol. The minimum absolute atomic E-state index is 0.327. The topological polar surface area (TPSA) is 26.0 Å². The summed E-state index contributed by atoms with van der Waals surface area (Å²) in [6, 6.07) is 4.80. The molecule has 0 aliphatic heterocycles. The quantitative estimate of drug-likeness (QED) is 0.786. The Balaban J connectivity index is 2.46. The van der Waals surface area contributed by atoms with Crippen molar-refractivity contribution in [1.29, 1.82) is 0 Å². The molecule has 1 rings (SSSR count). The summed E-state index contributed by atoms with van der Waals surface area (Å²) in [6.07, 6.45) is 4.67. The van der Waals surface area contributed by atoms with Crippen LogP contribution in [0.2, 0.25) is 0 Å². The maximum atomic E-state index is 6.19. The molecule has 0 saturated heterocycles. The highest BCUT2D eigenvalue weighted by Gasteiger charge is 2.13. The molecule has 1 nitrogen and oxygen atoms in total. The van der Waals surface area contributed by atoms with Crippen molar-refractivity contribution < 1.29 is 0 Å². The second kappa shape index (κ2) is 6.29.